The second-order valence-electron chi connectivity index (χ2n) is 5.32. The van der Waals surface area contributed by atoms with Gasteiger partial charge in [0, 0.05) is 13.1 Å². The van der Waals surface area contributed by atoms with Gasteiger partial charge in [-0.15, -0.1) is 0 Å². The van der Waals surface area contributed by atoms with Gasteiger partial charge in [0.25, 0.3) is 0 Å². The highest BCUT2D eigenvalue weighted by Crippen LogP contribution is 2.28. The predicted molar refractivity (Wildman–Crippen MR) is 74.5 cm³/mol. The van der Waals surface area contributed by atoms with Gasteiger partial charge in [-0.05, 0) is 32.4 Å². The quantitative estimate of drug-likeness (QED) is 0.911. The van der Waals surface area contributed by atoms with Crippen LogP contribution in [0.4, 0.5) is 0 Å². The Balaban J connectivity index is 2.02. The highest BCUT2D eigenvalue weighted by Gasteiger charge is 2.27. The van der Waals surface area contributed by atoms with Crippen molar-refractivity contribution >= 4 is 11.6 Å². The van der Waals surface area contributed by atoms with E-state index in [1.165, 1.54) is 25.7 Å². The number of rotatable bonds is 4. The Hall–Kier alpha value is -0.580. The van der Waals surface area contributed by atoms with Crippen molar-refractivity contribution in [1.82, 2.24) is 14.5 Å². The number of aromatic nitrogens is 2. The number of nitrogens with two attached hydrogens (primary N) is 1. The molecule has 0 amide bonds. The maximum absolute atomic E-state index is 6.02. The molecule has 4 nitrogen and oxygen atoms in total. The van der Waals surface area contributed by atoms with Crippen LogP contribution >= 0.6 is 11.6 Å². The molecular formula is C13H23ClN4. The highest BCUT2D eigenvalue weighted by molar-refractivity contribution is 6.29. The maximum atomic E-state index is 6.02. The van der Waals surface area contributed by atoms with Crippen LogP contribution < -0.4 is 5.73 Å². The zero-order chi connectivity index (χ0) is 13.1. The first-order valence-corrected chi connectivity index (χ1v) is 7.07. The summed E-state index contributed by atoms with van der Waals surface area (Å²) in [6.45, 7) is 1.63. The fraction of sp³-hybridized carbons (Fsp3) is 0.769. The summed E-state index contributed by atoms with van der Waals surface area (Å²) in [7, 11) is 4.13. The minimum Gasteiger partial charge on any atom is -0.330 e. The molecular weight excluding hydrogens is 248 g/mol. The van der Waals surface area contributed by atoms with Crippen LogP contribution in [0, 0.1) is 5.92 Å². The molecule has 1 aliphatic rings. The van der Waals surface area contributed by atoms with Crippen molar-refractivity contribution < 1.29 is 0 Å². The van der Waals surface area contributed by atoms with E-state index in [4.69, 9.17) is 17.3 Å². The van der Waals surface area contributed by atoms with Gasteiger partial charge in [0.05, 0.1) is 12.7 Å². The summed E-state index contributed by atoms with van der Waals surface area (Å²) in [5.74, 6) is 1.64. The van der Waals surface area contributed by atoms with Crippen LogP contribution in [-0.2, 0) is 13.6 Å². The molecule has 102 valence electrons. The first-order valence-electron chi connectivity index (χ1n) is 6.70. The number of hydrogen-bond acceptors (Lipinski definition) is 3. The average molecular weight is 271 g/mol. The summed E-state index contributed by atoms with van der Waals surface area (Å²) >= 11 is 6.02. The minimum absolute atomic E-state index is 0.583. The van der Waals surface area contributed by atoms with Crippen molar-refractivity contribution in [3.63, 3.8) is 0 Å². The number of imidazole rings is 1. The normalized spacial score (nSPS) is 24.7. The molecule has 1 aromatic rings. The fourth-order valence-electron chi connectivity index (χ4n) is 2.95. The van der Waals surface area contributed by atoms with Crippen LogP contribution in [0.2, 0.25) is 5.15 Å². The molecule has 2 atom stereocenters. The lowest BCUT2D eigenvalue weighted by Crippen LogP contribution is -2.43. The fourth-order valence-corrected chi connectivity index (χ4v) is 3.10. The van der Waals surface area contributed by atoms with Gasteiger partial charge in [0.15, 0.2) is 0 Å². The second-order valence-corrected chi connectivity index (χ2v) is 5.71. The van der Waals surface area contributed by atoms with Crippen LogP contribution in [0.3, 0.4) is 0 Å². The number of halogens is 1. The Kier molecular flexibility index (Phi) is 4.65. The van der Waals surface area contributed by atoms with E-state index in [9.17, 15) is 0 Å². The van der Waals surface area contributed by atoms with Crippen molar-refractivity contribution in [3.05, 3.63) is 17.2 Å². The molecule has 5 heteroatoms. The Morgan fingerprint density at radius 1 is 1.50 bits per heavy atom. The Morgan fingerprint density at radius 3 is 2.83 bits per heavy atom. The van der Waals surface area contributed by atoms with E-state index in [1.54, 1.807) is 6.20 Å². The summed E-state index contributed by atoms with van der Waals surface area (Å²) < 4.78 is 1.94. The van der Waals surface area contributed by atoms with E-state index in [0.717, 1.165) is 18.9 Å². The molecule has 1 aliphatic carbocycles. The van der Waals surface area contributed by atoms with E-state index < -0.39 is 0 Å². The van der Waals surface area contributed by atoms with Crippen LogP contribution in [0.25, 0.3) is 0 Å². The molecule has 1 fully saturated rings. The summed E-state index contributed by atoms with van der Waals surface area (Å²) in [6.07, 6.45) is 6.85. The lowest BCUT2D eigenvalue weighted by atomic mass is 9.84. The molecule has 2 unspecified atom stereocenters. The number of hydrogen-bond donors (Lipinski definition) is 1. The SMILES string of the molecule is CN(Cc1ncc(Cl)n1C)C1CCCCC1CN. The van der Waals surface area contributed by atoms with Crippen molar-refractivity contribution in [1.29, 1.82) is 0 Å². The van der Waals surface area contributed by atoms with E-state index >= 15 is 0 Å². The van der Waals surface area contributed by atoms with Gasteiger partial charge in [-0.1, -0.05) is 24.4 Å². The van der Waals surface area contributed by atoms with Gasteiger partial charge >= 0.3 is 0 Å². The molecule has 0 radical (unpaired) electrons. The van der Waals surface area contributed by atoms with Gasteiger partial charge in [0.2, 0.25) is 0 Å². The smallest absolute Gasteiger partial charge is 0.128 e. The van der Waals surface area contributed by atoms with E-state index in [1.807, 2.05) is 11.6 Å². The van der Waals surface area contributed by atoms with Gasteiger partial charge in [-0.25, -0.2) is 4.98 Å². The largest absolute Gasteiger partial charge is 0.330 e. The lowest BCUT2D eigenvalue weighted by molar-refractivity contribution is 0.124. The molecule has 1 heterocycles. The monoisotopic (exact) mass is 270 g/mol. The molecule has 0 bridgehead atoms. The summed E-state index contributed by atoms with van der Waals surface area (Å²) in [5.41, 5.74) is 5.89. The van der Waals surface area contributed by atoms with Gasteiger partial charge in [-0.3, -0.25) is 4.90 Å². The van der Waals surface area contributed by atoms with Crippen LogP contribution in [0.1, 0.15) is 31.5 Å². The van der Waals surface area contributed by atoms with Gasteiger partial charge < -0.3 is 10.3 Å². The molecule has 0 aliphatic heterocycles. The van der Waals surface area contributed by atoms with Gasteiger partial charge in [0.1, 0.15) is 11.0 Å². The third-order valence-electron chi connectivity index (χ3n) is 4.16. The minimum atomic E-state index is 0.583. The van der Waals surface area contributed by atoms with Crippen molar-refractivity contribution in [2.75, 3.05) is 13.6 Å². The van der Waals surface area contributed by atoms with Gasteiger partial charge in [-0.2, -0.15) is 0 Å². The van der Waals surface area contributed by atoms with Crippen molar-refractivity contribution in [3.8, 4) is 0 Å². The zero-order valence-corrected chi connectivity index (χ0v) is 12.0. The van der Waals surface area contributed by atoms with E-state index in [0.29, 0.717) is 17.1 Å². The topological polar surface area (TPSA) is 47.1 Å². The second kappa shape index (κ2) is 6.04. The van der Waals surface area contributed by atoms with Crippen molar-refractivity contribution in [2.45, 2.75) is 38.3 Å². The zero-order valence-electron chi connectivity index (χ0n) is 11.3. The first-order chi connectivity index (χ1) is 8.63. The molecule has 1 aromatic heterocycles. The molecule has 2 N–H and O–H groups in total. The van der Waals surface area contributed by atoms with E-state index in [-0.39, 0.29) is 0 Å². The van der Waals surface area contributed by atoms with E-state index in [2.05, 4.69) is 16.9 Å². The van der Waals surface area contributed by atoms with Crippen LogP contribution in [-0.4, -0.2) is 34.1 Å². The molecule has 1 saturated carbocycles. The Labute approximate surface area is 114 Å². The lowest BCUT2D eigenvalue weighted by Gasteiger charge is -2.37. The third kappa shape index (κ3) is 2.87. The summed E-state index contributed by atoms with van der Waals surface area (Å²) in [6, 6.07) is 0.583. The Morgan fingerprint density at radius 2 is 2.22 bits per heavy atom. The molecule has 0 aromatic carbocycles. The molecule has 2 rings (SSSR count). The standard InChI is InChI=1S/C13H23ClN4/c1-17(9-13-16-8-12(14)18(13)2)11-6-4-3-5-10(11)7-15/h8,10-11H,3-7,9,15H2,1-2H3. The van der Waals surface area contributed by atoms with Crippen LogP contribution in [0.5, 0.6) is 0 Å². The number of nitrogens with zero attached hydrogens (tertiary/aromatic N) is 3. The molecule has 0 saturated heterocycles. The predicted octanol–water partition coefficient (Wildman–Crippen LogP) is 2.02. The molecule has 0 spiro atoms. The third-order valence-corrected chi connectivity index (χ3v) is 4.51. The molecule has 18 heavy (non-hydrogen) atoms. The highest BCUT2D eigenvalue weighted by atomic mass is 35.5. The van der Waals surface area contributed by atoms with Crippen molar-refractivity contribution in [2.24, 2.45) is 18.7 Å². The summed E-state index contributed by atoms with van der Waals surface area (Å²) in [5, 5.41) is 0.692. The first kappa shape index (κ1) is 13.8. The average Bonchev–Trinajstić information content (AvgIpc) is 2.70. The van der Waals surface area contributed by atoms with Crippen LogP contribution in [0.15, 0.2) is 6.20 Å². The Bertz CT molecular complexity index is 390. The maximum Gasteiger partial charge on any atom is 0.128 e. The summed E-state index contributed by atoms with van der Waals surface area (Å²) in [4.78, 5) is 6.74.